The van der Waals surface area contributed by atoms with Crippen LogP contribution in [0.5, 0.6) is 0 Å². The Bertz CT molecular complexity index is 1060. The second-order valence-electron chi connectivity index (χ2n) is 10.1. The molecule has 0 N–H and O–H groups in total. The van der Waals surface area contributed by atoms with Crippen molar-refractivity contribution >= 4 is 35.8 Å². The molecule has 0 atom stereocenters. The number of hydrogen-bond acceptors (Lipinski definition) is 12. The van der Waals surface area contributed by atoms with Gasteiger partial charge in [-0.15, -0.1) is 0 Å². The van der Waals surface area contributed by atoms with E-state index in [4.69, 9.17) is 0 Å². The highest BCUT2D eigenvalue weighted by Crippen LogP contribution is 2.29. The summed E-state index contributed by atoms with van der Waals surface area (Å²) in [6.07, 6.45) is -0.962. The molecule has 0 saturated heterocycles. The summed E-state index contributed by atoms with van der Waals surface area (Å²) in [6, 6.07) is 0. The van der Waals surface area contributed by atoms with Crippen LogP contribution in [-0.4, -0.2) is 74.5 Å². The van der Waals surface area contributed by atoms with Crippen molar-refractivity contribution in [2.24, 2.45) is 11.8 Å². The van der Waals surface area contributed by atoms with Gasteiger partial charge in [-0.05, 0) is 32.6 Å². The Balaban J connectivity index is 0.000000450. The molecule has 2 fully saturated rings. The van der Waals surface area contributed by atoms with E-state index in [0.29, 0.717) is 25.7 Å². The maximum absolute atomic E-state index is 13.5. The minimum absolute atomic E-state index is 0.128. The summed E-state index contributed by atoms with van der Waals surface area (Å²) < 4.78 is 79.3. The van der Waals surface area contributed by atoms with Gasteiger partial charge >= 0.3 is 48.0 Å². The van der Waals surface area contributed by atoms with E-state index in [1.54, 1.807) is 0 Å². The zero-order valence-corrected chi connectivity index (χ0v) is 25.0. The third-order valence-corrected chi connectivity index (χ3v) is 6.44. The molecule has 254 valence electrons. The predicted molar refractivity (Wildman–Crippen MR) is 144 cm³/mol. The van der Waals surface area contributed by atoms with E-state index >= 15 is 0 Å². The van der Waals surface area contributed by atoms with Gasteiger partial charge in [-0.2, -0.15) is 17.6 Å². The first-order valence-corrected chi connectivity index (χ1v) is 14.3. The van der Waals surface area contributed by atoms with E-state index in [2.05, 4.69) is 41.6 Å². The normalized spacial score (nSPS) is 15.7. The smallest absolute Gasteiger partial charge is 0.459 e. The largest absolute Gasteiger partial charge is 0.504 e. The van der Waals surface area contributed by atoms with Crippen LogP contribution < -0.4 is 0 Å². The van der Waals surface area contributed by atoms with E-state index in [-0.39, 0.29) is 5.57 Å². The van der Waals surface area contributed by atoms with Crippen LogP contribution in [0.25, 0.3) is 0 Å². The van der Waals surface area contributed by atoms with Gasteiger partial charge in [0, 0.05) is 11.6 Å². The number of alkyl halides is 4. The van der Waals surface area contributed by atoms with Gasteiger partial charge in [-0.3, -0.25) is 9.59 Å². The second kappa shape index (κ2) is 19.4. The van der Waals surface area contributed by atoms with Crippen LogP contribution >= 0.6 is 0 Å². The minimum atomic E-state index is -4.35. The van der Waals surface area contributed by atoms with E-state index in [9.17, 15) is 46.3 Å². The van der Waals surface area contributed by atoms with Crippen molar-refractivity contribution in [3.63, 3.8) is 0 Å². The van der Waals surface area contributed by atoms with Crippen molar-refractivity contribution in [1.29, 1.82) is 0 Å². The molecule has 45 heavy (non-hydrogen) atoms. The van der Waals surface area contributed by atoms with Crippen LogP contribution in [0.1, 0.15) is 71.1 Å². The van der Waals surface area contributed by atoms with Gasteiger partial charge in [-0.1, -0.05) is 51.7 Å². The molecule has 0 heterocycles. The SMILES string of the molecule is C=C(C)C(=O)OCCOC(=O)C(F)(F)OC(=O)C1CCCCC1.C=CC(=O)OCCOC(=O)C(F)(F)OC(=O)C1CCCCC1. The quantitative estimate of drug-likeness (QED) is 0.0859. The van der Waals surface area contributed by atoms with Crippen LogP contribution in [0.2, 0.25) is 0 Å². The van der Waals surface area contributed by atoms with Gasteiger partial charge in [0.25, 0.3) is 0 Å². The molecular formula is C29H38F4O12. The Labute approximate surface area is 257 Å². The fraction of sp³-hybridized carbons (Fsp3) is 0.655. The molecule has 2 aliphatic carbocycles. The maximum Gasteiger partial charge on any atom is 0.504 e. The molecule has 0 unspecified atom stereocenters. The maximum atomic E-state index is 13.5. The standard InChI is InChI=1S/C15H20F2O6.C14H18F2O6/c1-10(2)12(18)21-8-9-22-14(20)15(16,17)23-13(19)11-6-4-3-5-7-11;1-2-11(17)20-8-9-21-13(19)14(15,16)22-12(18)10-6-4-3-5-7-10/h11H,1,3-9H2,2H3;2,10H,1,3-9H2. The average molecular weight is 655 g/mol. The molecule has 0 aromatic rings. The average Bonchev–Trinajstić information content (AvgIpc) is 3.01. The van der Waals surface area contributed by atoms with Gasteiger partial charge in [0.2, 0.25) is 0 Å². The summed E-state index contributed by atoms with van der Waals surface area (Å²) in [5, 5.41) is 0. The monoisotopic (exact) mass is 654 g/mol. The molecule has 0 radical (unpaired) electrons. The zero-order valence-electron chi connectivity index (χ0n) is 25.0. The number of carbonyl (C=O) groups excluding carboxylic acids is 6. The molecule has 0 aromatic heterocycles. The molecule has 12 nitrogen and oxygen atoms in total. The van der Waals surface area contributed by atoms with E-state index in [1.807, 2.05) is 0 Å². The van der Waals surface area contributed by atoms with E-state index in [1.165, 1.54) is 6.92 Å². The summed E-state index contributed by atoms with van der Waals surface area (Å²) in [7, 11) is 0. The molecule has 0 aliphatic heterocycles. The lowest BCUT2D eigenvalue weighted by atomic mass is 9.89. The van der Waals surface area contributed by atoms with Crippen molar-refractivity contribution in [2.45, 2.75) is 83.3 Å². The molecule has 2 aliphatic rings. The highest BCUT2D eigenvalue weighted by Gasteiger charge is 2.48. The first-order chi connectivity index (χ1) is 21.1. The molecule has 2 rings (SSSR count). The lowest BCUT2D eigenvalue weighted by Gasteiger charge is -2.22. The molecule has 0 bridgehead atoms. The van der Waals surface area contributed by atoms with Crippen molar-refractivity contribution in [2.75, 3.05) is 26.4 Å². The lowest BCUT2D eigenvalue weighted by Crippen LogP contribution is -2.38. The van der Waals surface area contributed by atoms with Crippen molar-refractivity contribution in [3.05, 3.63) is 24.8 Å². The number of halogens is 4. The van der Waals surface area contributed by atoms with Crippen LogP contribution in [0.15, 0.2) is 24.8 Å². The predicted octanol–water partition coefficient (Wildman–Crippen LogP) is 4.34. The molecule has 0 spiro atoms. The molecule has 0 amide bonds. The molecule has 2 saturated carbocycles. The first-order valence-electron chi connectivity index (χ1n) is 14.3. The number of ether oxygens (including phenoxy) is 6. The van der Waals surface area contributed by atoms with Gasteiger partial charge < -0.3 is 28.4 Å². The van der Waals surface area contributed by atoms with E-state index < -0.39 is 86.3 Å². The van der Waals surface area contributed by atoms with Gasteiger partial charge in [0.05, 0.1) is 11.8 Å². The highest BCUT2D eigenvalue weighted by molar-refractivity contribution is 5.87. The van der Waals surface area contributed by atoms with Gasteiger partial charge in [0.1, 0.15) is 26.4 Å². The Morgan fingerprint density at radius 2 is 1.00 bits per heavy atom. The summed E-state index contributed by atoms with van der Waals surface area (Å²) in [6.45, 7) is 5.92. The van der Waals surface area contributed by atoms with Crippen LogP contribution in [0.4, 0.5) is 17.6 Å². The molecular weight excluding hydrogens is 616 g/mol. The van der Waals surface area contributed by atoms with Crippen LogP contribution in [0, 0.1) is 11.8 Å². The summed E-state index contributed by atoms with van der Waals surface area (Å²) >= 11 is 0. The summed E-state index contributed by atoms with van der Waals surface area (Å²) in [5.41, 5.74) is 0.128. The zero-order chi connectivity index (χ0) is 34.0. The third kappa shape index (κ3) is 15.0. The Morgan fingerprint density at radius 3 is 1.36 bits per heavy atom. The lowest BCUT2D eigenvalue weighted by molar-refractivity contribution is -0.247. The van der Waals surface area contributed by atoms with Gasteiger partial charge in [-0.25, -0.2) is 19.2 Å². The highest BCUT2D eigenvalue weighted by atomic mass is 19.3. The second-order valence-corrected chi connectivity index (χ2v) is 10.1. The van der Waals surface area contributed by atoms with E-state index in [0.717, 1.165) is 44.6 Å². The molecule has 0 aromatic carbocycles. The topological polar surface area (TPSA) is 158 Å². The van der Waals surface area contributed by atoms with Crippen LogP contribution in [-0.2, 0) is 57.2 Å². The Hall–Kier alpha value is -3.98. The minimum Gasteiger partial charge on any atom is -0.459 e. The fourth-order valence-corrected chi connectivity index (χ4v) is 4.07. The Morgan fingerprint density at radius 1 is 0.644 bits per heavy atom. The third-order valence-electron chi connectivity index (χ3n) is 6.44. The summed E-state index contributed by atoms with van der Waals surface area (Å²) in [5.74, 6) is -8.90. The fourth-order valence-electron chi connectivity index (χ4n) is 4.07. The number of hydrogen-bond donors (Lipinski definition) is 0. The van der Waals surface area contributed by atoms with Crippen LogP contribution in [0.3, 0.4) is 0 Å². The van der Waals surface area contributed by atoms with Crippen molar-refractivity contribution in [1.82, 2.24) is 0 Å². The number of rotatable bonds is 14. The number of carbonyl (C=O) groups is 6. The first kappa shape index (κ1) is 39.0. The molecule has 16 heteroatoms. The Kier molecular flexibility index (Phi) is 16.8. The van der Waals surface area contributed by atoms with Crippen molar-refractivity contribution < 1.29 is 74.8 Å². The van der Waals surface area contributed by atoms with Gasteiger partial charge in [0.15, 0.2) is 0 Å². The van der Waals surface area contributed by atoms with Crippen molar-refractivity contribution in [3.8, 4) is 0 Å². The number of esters is 6. The summed E-state index contributed by atoms with van der Waals surface area (Å²) in [4.78, 5) is 67.4.